The number of anilines is 2. The summed E-state index contributed by atoms with van der Waals surface area (Å²) >= 11 is 0. The minimum Gasteiger partial charge on any atom is -0.495 e. The topological polar surface area (TPSA) is 110 Å². The number of aromatic amines is 1. The molecule has 128 valence electrons. The SMILES string of the molecule is COc1ccc(NC(=O)c2c(C)nc(C(C)(C)C)[nH]c2=O)cc1N. The number of aromatic nitrogens is 2. The zero-order valence-corrected chi connectivity index (χ0v) is 14.5. The quantitative estimate of drug-likeness (QED) is 0.747. The molecule has 0 atom stereocenters. The fourth-order valence-electron chi connectivity index (χ4n) is 2.21. The van der Waals surface area contributed by atoms with Gasteiger partial charge in [-0.05, 0) is 25.1 Å². The van der Waals surface area contributed by atoms with Crippen molar-refractivity contribution in [3.63, 3.8) is 0 Å². The van der Waals surface area contributed by atoms with E-state index < -0.39 is 11.5 Å². The number of methoxy groups -OCH3 is 1. The van der Waals surface area contributed by atoms with E-state index in [0.717, 1.165) is 0 Å². The minimum atomic E-state index is -0.536. The summed E-state index contributed by atoms with van der Waals surface area (Å²) in [6.07, 6.45) is 0. The van der Waals surface area contributed by atoms with Crippen molar-refractivity contribution in [1.82, 2.24) is 9.97 Å². The third-order valence-electron chi connectivity index (χ3n) is 3.53. The van der Waals surface area contributed by atoms with Crippen molar-refractivity contribution in [2.45, 2.75) is 33.1 Å². The Morgan fingerprint density at radius 3 is 2.50 bits per heavy atom. The van der Waals surface area contributed by atoms with Crippen molar-refractivity contribution >= 4 is 17.3 Å². The molecule has 0 spiro atoms. The van der Waals surface area contributed by atoms with Crippen LogP contribution in [-0.2, 0) is 5.41 Å². The predicted octanol–water partition coefficient (Wildman–Crippen LogP) is 2.22. The zero-order chi connectivity index (χ0) is 18.1. The molecule has 1 aromatic carbocycles. The van der Waals surface area contributed by atoms with E-state index >= 15 is 0 Å². The maximum atomic E-state index is 12.4. The van der Waals surface area contributed by atoms with Gasteiger partial charge in [-0.2, -0.15) is 0 Å². The lowest BCUT2D eigenvalue weighted by atomic mass is 9.95. The van der Waals surface area contributed by atoms with Gasteiger partial charge in [0.05, 0.1) is 18.5 Å². The van der Waals surface area contributed by atoms with Gasteiger partial charge < -0.3 is 20.8 Å². The number of nitrogens with zero attached hydrogens (tertiary/aromatic N) is 1. The van der Waals surface area contributed by atoms with E-state index in [-0.39, 0.29) is 11.0 Å². The van der Waals surface area contributed by atoms with Gasteiger partial charge in [0.15, 0.2) is 0 Å². The average Bonchev–Trinajstić information content (AvgIpc) is 2.45. The molecule has 1 aromatic heterocycles. The predicted molar refractivity (Wildman–Crippen MR) is 93.7 cm³/mol. The van der Waals surface area contributed by atoms with Crippen LogP contribution in [0.1, 0.15) is 42.6 Å². The zero-order valence-electron chi connectivity index (χ0n) is 14.5. The molecule has 1 amide bonds. The highest BCUT2D eigenvalue weighted by molar-refractivity contribution is 6.05. The molecule has 0 unspecified atom stereocenters. The van der Waals surface area contributed by atoms with E-state index in [9.17, 15) is 9.59 Å². The van der Waals surface area contributed by atoms with Crippen LogP contribution in [0, 0.1) is 6.92 Å². The van der Waals surface area contributed by atoms with Gasteiger partial charge in [0.25, 0.3) is 11.5 Å². The van der Waals surface area contributed by atoms with Crippen LogP contribution in [0.25, 0.3) is 0 Å². The Kier molecular flexibility index (Phi) is 4.64. The summed E-state index contributed by atoms with van der Waals surface area (Å²) in [5.74, 6) is 0.514. The fraction of sp³-hybridized carbons (Fsp3) is 0.353. The number of aryl methyl sites for hydroxylation is 1. The molecule has 7 heteroatoms. The van der Waals surface area contributed by atoms with Gasteiger partial charge in [-0.3, -0.25) is 9.59 Å². The molecule has 0 aliphatic carbocycles. The van der Waals surface area contributed by atoms with Crippen LogP contribution in [0.2, 0.25) is 0 Å². The Labute approximate surface area is 140 Å². The van der Waals surface area contributed by atoms with Gasteiger partial charge in [-0.25, -0.2) is 4.98 Å². The lowest BCUT2D eigenvalue weighted by Gasteiger charge is -2.18. The van der Waals surface area contributed by atoms with E-state index in [0.29, 0.717) is 28.6 Å². The number of hydrogen-bond acceptors (Lipinski definition) is 5. The Bertz CT molecular complexity index is 835. The monoisotopic (exact) mass is 330 g/mol. The van der Waals surface area contributed by atoms with Crippen LogP contribution in [0.5, 0.6) is 5.75 Å². The lowest BCUT2D eigenvalue weighted by Crippen LogP contribution is -2.30. The second-order valence-corrected chi connectivity index (χ2v) is 6.54. The summed E-state index contributed by atoms with van der Waals surface area (Å²) in [7, 11) is 1.51. The standard InChI is InChI=1S/C17H22N4O3/c1-9-13(15(23)21-16(19-9)17(2,3)4)14(22)20-10-6-7-12(24-5)11(18)8-10/h6-8H,18H2,1-5H3,(H,20,22)(H,19,21,23). The van der Waals surface area contributed by atoms with Crippen LogP contribution in [0.3, 0.4) is 0 Å². The number of benzene rings is 1. The van der Waals surface area contributed by atoms with Gasteiger partial charge in [-0.1, -0.05) is 20.8 Å². The highest BCUT2D eigenvalue weighted by Crippen LogP contribution is 2.25. The number of nitrogens with two attached hydrogens (primary N) is 1. The number of hydrogen-bond donors (Lipinski definition) is 3. The molecule has 2 rings (SSSR count). The van der Waals surface area contributed by atoms with Crippen molar-refractivity contribution in [3.8, 4) is 5.75 Å². The van der Waals surface area contributed by atoms with Crippen molar-refractivity contribution in [2.75, 3.05) is 18.2 Å². The smallest absolute Gasteiger partial charge is 0.264 e. The molecule has 2 aromatic rings. The Morgan fingerprint density at radius 2 is 2.00 bits per heavy atom. The molecule has 24 heavy (non-hydrogen) atoms. The van der Waals surface area contributed by atoms with Crippen LogP contribution in [0.4, 0.5) is 11.4 Å². The Balaban J connectivity index is 2.34. The molecule has 0 saturated carbocycles. The summed E-state index contributed by atoms with van der Waals surface area (Å²) in [6, 6.07) is 4.85. The summed E-state index contributed by atoms with van der Waals surface area (Å²) in [5.41, 5.74) is 6.26. The van der Waals surface area contributed by atoms with Crippen LogP contribution in [0.15, 0.2) is 23.0 Å². The Morgan fingerprint density at radius 1 is 1.33 bits per heavy atom. The fourth-order valence-corrected chi connectivity index (χ4v) is 2.21. The van der Waals surface area contributed by atoms with Crippen molar-refractivity contribution in [1.29, 1.82) is 0 Å². The van der Waals surface area contributed by atoms with E-state index in [4.69, 9.17) is 10.5 Å². The van der Waals surface area contributed by atoms with Gasteiger partial charge in [0.1, 0.15) is 17.1 Å². The number of carbonyl (C=O) groups excluding carboxylic acids is 1. The molecule has 0 fully saturated rings. The highest BCUT2D eigenvalue weighted by Gasteiger charge is 2.22. The van der Waals surface area contributed by atoms with Gasteiger partial charge in [0.2, 0.25) is 0 Å². The lowest BCUT2D eigenvalue weighted by molar-refractivity contribution is 0.102. The molecule has 0 bridgehead atoms. The second kappa shape index (κ2) is 6.35. The number of nitrogens with one attached hydrogen (secondary N) is 2. The second-order valence-electron chi connectivity index (χ2n) is 6.54. The first-order valence-corrected chi connectivity index (χ1v) is 7.49. The van der Waals surface area contributed by atoms with Gasteiger partial charge >= 0.3 is 0 Å². The number of carbonyl (C=O) groups is 1. The van der Waals surface area contributed by atoms with Crippen LogP contribution < -0.4 is 21.3 Å². The average molecular weight is 330 g/mol. The number of amides is 1. The van der Waals surface area contributed by atoms with Crippen molar-refractivity contribution in [2.24, 2.45) is 0 Å². The number of nitrogen functional groups attached to an aromatic ring is 1. The third kappa shape index (κ3) is 3.56. The van der Waals surface area contributed by atoms with Crippen molar-refractivity contribution in [3.05, 3.63) is 45.6 Å². The normalized spacial score (nSPS) is 11.2. The summed E-state index contributed by atoms with van der Waals surface area (Å²) in [6.45, 7) is 7.45. The third-order valence-corrected chi connectivity index (χ3v) is 3.53. The molecule has 0 saturated heterocycles. The highest BCUT2D eigenvalue weighted by atomic mass is 16.5. The Hall–Kier alpha value is -2.83. The minimum absolute atomic E-state index is 0.0163. The largest absolute Gasteiger partial charge is 0.495 e. The first kappa shape index (κ1) is 17.5. The summed E-state index contributed by atoms with van der Waals surface area (Å²) in [4.78, 5) is 31.8. The molecule has 4 N–H and O–H groups in total. The number of ether oxygens (including phenoxy) is 1. The van der Waals surface area contributed by atoms with E-state index in [1.807, 2.05) is 20.8 Å². The van der Waals surface area contributed by atoms with Crippen LogP contribution in [-0.4, -0.2) is 23.0 Å². The van der Waals surface area contributed by atoms with Gasteiger partial charge in [0, 0.05) is 11.1 Å². The van der Waals surface area contributed by atoms with Crippen LogP contribution >= 0.6 is 0 Å². The number of rotatable bonds is 3. The molecule has 0 aliphatic heterocycles. The number of H-pyrrole nitrogens is 1. The maximum Gasteiger partial charge on any atom is 0.264 e. The van der Waals surface area contributed by atoms with E-state index in [2.05, 4.69) is 15.3 Å². The van der Waals surface area contributed by atoms with Gasteiger partial charge in [-0.15, -0.1) is 0 Å². The molecule has 1 heterocycles. The summed E-state index contributed by atoms with van der Waals surface area (Å²) < 4.78 is 5.07. The molecule has 0 aliphatic rings. The molecule has 7 nitrogen and oxygen atoms in total. The molecular formula is C17H22N4O3. The molecule has 0 radical (unpaired) electrons. The maximum absolute atomic E-state index is 12.4. The summed E-state index contributed by atoms with van der Waals surface area (Å²) in [5, 5.41) is 2.66. The molecular weight excluding hydrogens is 308 g/mol. The van der Waals surface area contributed by atoms with E-state index in [1.54, 1.807) is 25.1 Å². The van der Waals surface area contributed by atoms with E-state index in [1.165, 1.54) is 7.11 Å². The first-order valence-electron chi connectivity index (χ1n) is 7.49. The van der Waals surface area contributed by atoms with Crippen molar-refractivity contribution < 1.29 is 9.53 Å². The first-order chi connectivity index (χ1) is 11.1.